The summed E-state index contributed by atoms with van der Waals surface area (Å²) in [5.41, 5.74) is 0.889. The number of hydrogen-bond donors (Lipinski definition) is 1. The molecule has 1 fully saturated rings. The zero-order chi connectivity index (χ0) is 14.7. The predicted molar refractivity (Wildman–Crippen MR) is 79.2 cm³/mol. The van der Waals surface area contributed by atoms with Gasteiger partial charge in [0.1, 0.15) is 5.82 Å². The molecule has 0 spiro atoms. The van der Waals surface area contributed by atoms with E-state index in [1.54, 1.807) is 12.1 Å². The second kappa shape index (κ2) is 6.25. The molecule has 110 valence electrons. The van der Waals surface area contributed by atoms with Gasteiger partial charge in [0.2, 0.25) is 5.91 Å². The molecule has 2 atom stereocenters. The summed E-state index contributed by atoms with van der Waals surface area (Å²) in [6.45, 7) is 7.60. The van der Waals surface area contributed by atoms with Gasteiger partial charge in [-0.2, -0.15) is 0 Å². The normalized spacial score (nSPS) is 22.9. The lowest BCUT2D eigenvalue weighted by Gasteiger charge is -2.38. The van der Waals surface area contributed by atoms with Crippen LogP contribution in [0.1, 0.15) is 27.2 Å². The molecule has 0 aromatic heterocycles. The van der Waals surface area contributed by atoms with E-state index >= 15 is 0 Å². The Morgan fingerprint density at radius 3 is 2.80 bits per heavy atom. The van der Waals surface area contributed by atoms with Crippen LogP contribution in [-0.2, 0) is 4.79 Å². The average Bonchev–Trinajstić information content (AvgIpc) is 2.37. The first-order valence-corrected chi connectivity index (χ1v) is 7.26. The van der Waals surface area contributed by atoms with E-state index in [4.69, 9.17) is 0 Å². The van der Waals surface area contributed by atoms with Crippen LogP contribution in [0.25, 0.3) is 0 Å². The van der Waals surface area contributed by atoms with Crippen LogP contribution in [0, 0.1) is 17.7 Å². The second-order valence-corrected chi connectivity index (χ2v) is 6.09. The van der Waals surface area contributed by atoms with Gasteiger partial charge in [0.05, 0.1) is 0 Å². The molecule has 1 aromatic carbocycles. The lowest BCUT2D eigenvalue weighted by atomic mass is 9.95. The third kappa shape index (κ3) is 3.71. The van der Waals surface area contributed by atoms with Crippen LogP contribution in [-0.4, -0.2) is 25.0 Å². The molecule has 2 rings (SSSR count). The Kier molecular flexibility index (Phi) is 4.63. The zero-order valence-electron chi connectivity index (χ0n) is 12.4. The van der Waals surface area contributed by atoms with Crippen LogP contribution in [0.4, 0.5) is 10.1 Å². The van der Waals surface area contributed by atoms with Crippen molar-refractivity contribution in [2.24, 2.45) is 11.8 Å². The standard InChI is InChI=1S/C16H23FN2O/c1-11(2)16(20)18-14-7-12(3)9-19(10-14)15-6-4-5-13(17)8-15/h4-6,8,11-12,14H,7,9-10H2,1-3H3,(H,18,20). The number of amides is 1. The minimum Gasteiger partial charge on any atom is -0.369 e. The SMILES string of the molecule is CC1CC(NC(=O)C(C)C)CN(c2cccc(F)c2)C1. The van der Waals surface area contributed by atoms with Crippen molar-refractivity contribution in [2.45, 2.75) is 33.2 Å². The molecule has 3 nitrogen and oxygen atoms in total. The first kappa shape index (κ1) is 14.8. The lowest BCUT2D eigenvalue weighted by molar-refractivity contribution is -0.124. The summed E-state index contributed by atoms with van der Waals surface area (Å²) in [5, 5.41) is 3.09. The van der Waals surface area contributed by atoms with Gasteiger partial charge < -0.3 is 10.2 Å². The molecule has 1 aliphatic rings. The smallest absolute Gasteiger partial charge is 0.222 e. The number of piperidine rings is 1. The highest BCUT2D eigenvalue weighted by Gasteiger charge is 2.26. The maximum atomic E-state index is 13.3. The van der Waals surface area contributed by atoms with E-state index in [9.17, 15) is 9.18 Å². The first-order chi connectivity index (χ1) is 9.45. The Labute approximate surface area is 120 Å². The predicted octanol–water partition coefficient (Wildman–Crippen LogP) is 2.81. The van der Waals surface area contributed by atoms with Crippen LogP contribution in [0.3, 0.4) is 0 Å². The van der Waals surface area contributed by atoms with Crippen molar-refractivity contribution >= 4 is 11.6 Å². The molecule has 20 heavy (non-hydrogen) atoms. The molecule has 1 aliphatic heterocycles. The second-order valence-electron chi connectivity index (χ2n) is 6.09. The summed E-state index contributed by atoms with van der Waals surface area (Å²) in [5.74, 6) is 0.339. The Morgan fingerprint density at radius 1 is 1.40 bits per heavy atom. The van der Waals surface area contributed by atoms with Gasteiger partial charge in [0.15, 0.2) is 0 Å². The maximum absolute atomic E-state index is 13.3. The van der Waals surface area contributed by atoms with Crippen molar-refractivity contribution in [1.29, 1.82) is 0 Å². The molecule has 0 aliphatic carbocycles. The van der Waals surface area contributed by atoms with Crippen LogP contribution in [0.5, 0.6) is 0 Å². The first-order valence-electron chi connectivity index (χ1n) is 7.26. The van der Waals surface area contributed by atoms with Gasteiger partial charge >= 0.3 is 0 Å². The molecular weight excluding hydrogens is 255 g/mol. The molecule has 1 heterocycles. The van der Waals surface area contributed by atoms with Crippen molar-refractivity contribution < 1.29 is 9.18 Å². The molecule has 1 saturated heterocycles. The molecule has 0 radical (unpaired) electrons. The number of hydrogen-bond acceptors (Lipinski definition) is 2. The highest BCUT2D eigenvalue weighted by Crippen LogP contribution is 2.23. The number of nitrogens with one attached hydrogen (secondary N) is 1. The molecule has 1 aromatic rings. The third-order valence-electron chi connectivity index (χ3n) is 3.70. The molecule has 0 bridgehead atoms. The number of halogens is 1. The van der Waals surface area contributed by atoms with Crippen LogP contribution in [0.15, 0.2) is 24.3 Å². The summed E-state index contributed by atoms with van der Waals surface area (Å²) in [6, 6.07) is 6.79. The monoisotopic (exact) mass is 278 g/mol. The molecule has 1 N–H and O–H groups in total. The average molecular weight is 278 g/mol. The maximum Gasteiger partial charge on any atom is 0.222 e. The topological polar surface area (TPSA) is 32.3 Å². The van der Waals surface area contributed by atoms with E-state index in [1.165, 1.54) is 6.07 Å². The highest BCUT2D eigenvalue weighted by molar-refractivity contribution is 5.78. The molecule has 2 unspecified atom stereocenters. The van der Waals surface area contributed by atoms with Gasteiger partial charge in [-0.3, -0.25) is 4.79 Å². The van der Waals surface area contributed by atoms with Gasteiger partial charge in [-0.05, 0) is 30.5 Å². The van der Waals surface area contributed by atoms with Gasteiger partial charge in [-0.25, -0.2) is 4.39 Å². The Balaban J connectivity index is 2.06. The highest BCUT2D eigenvalue weighted by atomic mass is 19.1. The third-order valence-corrected chi connectivity index (χ3v) is 3.70. The fraction of sp³-hybridized carbons (Fsp3) is 0.562. The fourth-order valence-corrected chi connectivity index (χ4v) is 2.71. The summed E-state index contributed by atoms with van der Waals surface area (Å²) in [6.07, 6.45) is 0.976. The van der Waals surface area contributed by atoms with Crippen LogP contribution in [0.2, 0.25) is 0 Å². The number of benzene rings is 1. The van der Waals surface area contributed by atoms with Crippen molar-refractivity contribution in [3.05, 3.63) is 30.1 Å². The molecule has 4 heteroatoms. The minimum absolute atomic E-state index is 0.00477. The number of anilines is 1. The number of nitrogens with zero attached hydrogens (tertiary/aromatic N) is 1. The van der Waals surface area contributed by atoms with E-state index in [1.807, 2.05) is 19.9 Å². The van der Waals surface area contributed by atoms with Crippen LogP contribution >= 0.6 is 0 Å². The van der Waals surface area contributed by atoms with Crippen LogP contribution < -0.4 is 10.2 Å². The quantitative estimate of drug-likeness (QED) is 0.922. The Hall–Kier alpha value is -1.58. The summed E-state index contributed by atoms with van der Waals surface area (Å²) >= 11 is 0. The number of carbonyl (C=O) groups is 1. The van der Waals surface area contributed by atoms with Crippen molar-refractivity contribution in [3.63, 3.8) is 0 Å². The largest absolute Gasteiger partial charge is 0.369 e. The van der Waals surface area contributed by atoms with Crippen molar-refractivity contribution in [3.8, 4) is 0 Å². The van der Waals surface area contributed by atoms with E-state index < -0.39 is 0 Å². The van der Waals surface area contributed by atoms with Gasteiger partial charge in [-0.1, -0.05) is 26.8 Å². The Bertz CT molecular complexity index is 475. The zero-order valence-corrected chi connectivity index (χ0v) is 12.4. The van der Waals surface area contributed by atoms with Crippen molar-refractivity contribution in [2.75, 3.05) is 18.0 Å². The molecule has 1 amide bonds. The van der Waals surface area contributed by atoms with E-state index in [0.717, 1.165) is 25.2 Å². The van der Waals surface area contributed by atoms with E-state index in [-0.39, 0.29) is 23.7 Å². The minimum atomic E-state index is -0.219. The number of rotatable bonds is 3. The summed E-state index contributed by atoms with van der Waals surface area (Å²) in [4.78, 5) is 14.0. The summed E-state index contributed by atoms with van der Waals surface area (Å²) < 4.78 is 13.3. The van der Waals surface area contributed by atoms with Gasteiger partial charge in [0, 0.05) is 30.7 Å². The fourth-order valence-electron chi connectivity index (χ4n) is 2.71. The Morgan fingerprint density at radius 2 is 2.15 bits per heavy atom. The molecule has 0 saturated carbocycles. The van der Waals surface area contributed by atoms with Crippen molar-refractivity contribution in [1.82, 2.24) is 5.32 Å². The number of carbonyl (C=O) groups excluding carboxylic acids is 1. The lowest BCUT2D eigenvalue weighted by Crippen LogP contribution is -2.51. The summed E-state index contributed by atoms with van der Waals surface area (Å²) in [7, 11) is 0. The molecular formula is C16H23FN2O. The van der Waals surface area contributed by atoms with Gasteiger partial charge in [0.25, 0.3) is 0 Å². The van der Waals surface area contributed by atoms with Gasteiger partial charge in [-0.15, -0.1) is 0 Å². The van der Waals surface area contributed by atoms with E-state index in [0.29, 0.717) is 5.92 Å². The van der Waals surface area contributed by atoms with E-state index in [2.05, 4.69) is 17.1 Å².